The third kappa shape index (κ3) is 3.80. The van der Waals surface area contributed by atoms with Crippen LogP contribution in [0.15, 0.2) is 57.7 Å². The molecule has 0 saturated heterocycles. The van der Waals surface area contributed by atoms with Crippen LogP contribution < -0.4 is 15.1 Å². The summed E-state index contributed by atoms with van der Waals surface area (Å²) in [6, 6.07) is 14.0. The summed E-state index contributed by atoms with van der Waals surface area (Å²) < 4.78 is 11.9. The minimum atomic E-state index is -0.623. The molecule has 0 radical (unpaired) electrons. The Hall–Kier alpha value is -3.45. The molecule has 0 spiro atoms. The highest BCUT2D eigenvalue weighted by Gasteiger charge is 2.45. The summed E-state index contributed by atoms with van der Waals surface area (Å²) in [5.41, 5.74) is 2.24. The number of hydrogen-bond donors (Lipinski definition) is 0. The fourth-order valence-electron chi connectivity index (χ4n) is 4.28. The summed E-state index contributed by atoms with van der Waals surface area (Å²) in [6.07, 6.45) is 3.28. The van der Waals surface area contributed by atoms with Crippen LogP contribution in [0.2, 0.25) is 0 Å². The molecule has 174 valence electrons. The maximum atomic E-state index is 13.6. The topological polar surface area (TPSA) is 72.6 Å². The van der Waals surface area contributed by atoms with Crippen LogP contribution in [0.1, 0.15) is 64.5 Å². The van der Waals surface area contributed by atoms with E-state index in [-0.39, 0.29) is 17.1 Å². The van der Waals surface area contributed by atoms with Crippen molar-refractivity contribution in [1.29, 1.82) is 0 Å². The van der Waals surface area contributed by atoms with Crippen LogP contribution in [0.5, 0.6) is 5.75 Å². The second-order valence-electron chi connectivity index (χ2n) is 8.51. The first-order valence-electron chi connectivity index (χ1n) is 11.6. The summed E-state index contributed by atoms with van der Waals surface area (Å²) >= 11 is 1.44. The Morgan fingerprint density at radius 2 is 1.82 bits per heavy atom. The Bertz CT molecular complexity index is 1400. The van der Waals surface area contributed by atoms with Gasteiger partial charge < -0.3 is 9.15 Å². The molecule has 4 aromatic rings. The molecule has 1 atom stereocenters. The fraction of sp³-hybridized carbons (Fsp3) is 0.296. The second kappa shape index (κ2) is 9.06. The number of thiazole rings is 1. The van der Waals surface area contributed by atoms with Crippen LogP contribution in [-0.4, -0.2) is 17.5 Å². The summed E-state index contributed by atoms with van der Waals surface area (Å²) in [4.78, 5) is 34.4. The number of aromatic nitrogens is 1. The van der Waals surface area contributed by atoms with E-state index in [9.17, 15) is 9.59 Å². The number of fused-ring (bicyclic) bond motifs is 2. The van der Waals surface area contributed by atoms with Gasteiger partial charge in [0, 0.05) is 4.88 Å². The fourth-order valence-corrected chi connectivity index (χ4v) is 5.22. The molecule has 1 aliphatic heterocycles. The monoisotopic (exact) mass is 474 g/mol. The van der Waals surface area contributed by atoms with Crippen molar-refractivity contribution < 1.29 is 13.9 Å². The Morgan fingerprint density at radius 1 is 1.06 bits per heavy atom. The van der Waals surface area contributed by atoms with Gasteiger partial charge in [0.2, 0.25) is 5.76 Å². The largest absolute Gasteiger partial charge is 0.494 e. The first-order chi connectivity index (χ1) is 16.5. The standard InChI is InChI=1S/C27H26N2O4S/c1-4-5-8-15-32-19-13-11-18(12-14-19)23-22-24(30)20-9-6-7-10-21(20)33-25(22)26(31)29(23)27-28-16(2)17(3)34-27/h6-7,9-14,23H,4-5,8,15H2,1-3H3. The smallest absolute Gasteiger partial charge is 0.297 e. The minimum absolute atomic E-state index is 0.0825. The average molecular weight is 475 g/mol. The van der Waals surface area contributed by atoms with Crippen LogP contribution >= 0.6 is 11.3 Å². The average Bonchev–Trinajstić information content (AvgIpc) is 3.33. The number of carbonyl (C=O) groups excluding carboxylic acids is 1. The number of rotatable bonds is 7. The van der Waals surface area contributed by atoms with Crippen LogP contribution in [0.25, 0.3) is 11.0 Å². The van der Waals surface area contributed by atoms with E-state index in [1.807, 2.05) is 38.1 Å². The Balaban J connectivity index is 1.61. The highest BCUT2D eigenvalue weighted by atomic mass is 32.1. The third-order valence-electron chi connectivity index (χ3n) is 6.21. The highest BCUT2D eigenvalue weighted by Crippen LogP contribution is 2.43. The first kappa shape index (κ1) is 22.3. The van der Waals surface area contributed by atoms with Gasteiger partial charge in [-0.2, -0.15) is 0 Å². The Labute approximate surface area is 201 Å². The molecule has 0 saturated carbocycles. The van der Waals surface area contributed by atoms with Gasteiger partial charge in [-0.25, -0.2) is 4.98 Å². The van der Waals surface area contributed by atoms with Gasteiger partial charge in [0.25, 0.3) is 5.91 Å². The predicted octanol–water partition coefficient (Wildman–Crippen LogP) is 6.19. The number of anilines is 1. The summed E-state index contributed by atoms with van der Waals surface area (Å²) in [6.45, 7) is 6.71. The number of hydrogen-bond acceptors (Lipinski definition) is 6. The SMILES string of the molecule is CCCCCOc1ccc(C2c3c(oc4ccccc4c3=O)C(=O)N2c2nc(C)c(C)s2)cc1. The van der Waals surface area contributed by atoms with E-state index in [2.05, 4.69) is 11.9 Å². The lowest BCUT2D eigenvalue weighted by Crippen LogP contribution is -2.29. The molecule has 7 heteroatoms. The number of amides is 1. The molecule has 2 aromatic carbocycles. The molecule has 1 amide bonds. The van der Waals surface area contributed by atoms with Crippen LogP contribution in [0, 0.1) is 13.8 Å². The zero-order chi connectivity index (χ0) is 23.8. The molecule has 2 aromatic heterocycles. The van der Waals surface area contributed by atoms with E-state index >= 15 is 0 Å². The lowest BCUT2D eigenvalue weighted by Gasteiger charge is -2.22. The number of aryl methyl sites for hydroxylation is 2. The van der Waals surface area contributed by atoms with E-state index in [4.69, 9.17) is 9.15 Å². The van der Waals surface area contributed by atoms with Gasteiger partial charge in [0.1, 0.15) is 11.3 Å². The van der Waals surface area contributed by atoms with Gasteiger partial charge >= 0.3 is 0 Å². The van der Waals surface area contributed by atoms with Crippen LogP contribution in [0.3, 0.4) is 0 Å². The molecule has 6 nitrogen and oxygen atoms in total. The maximum Gasteiger partial charge on any atom is 0.297 e. The van der Waals surface area contributed by atoms with E-state index in [1.165, 1.54) is 11.3 Å². The summed E-state index contributed by atoms with van der Waals surface area (Å²) in [7, 11) is 0. The number of unbranched alkanes of at least 4 members (excludes halogenated alkanes) is 2. The van der Waals surface area contributed by atoms with Crippen molar-refractivity contribution in [3.8, 4) is 5.75 Å². The molecule has 0 N–H and O–H groups in total. The van der Waals surface area contributed by atoms with Crippen molar-refractivity contribution in [3.05, 3.63) is 86.2 Å². The van der Waals surface area contributed by atoms with Gasteiger partial charge in [0.15, 0.2) is 10.6 Å². The highest BCUT2D eigenvalue weighted by molar-refractivity contribution is 7.15. The van der Waals surface area contributed by atoms with E-state index in [0.29, 0.717) is 28.3 Å². The van der Waals surface area contributed by atoms with Gasteiger partial charge in [-0.1, -0.05) is 44.0 Å². The van der Waals surface area contributed by atoms with Gasteiger partial charge in [-0.15, -0.1) is 11.3 Å². The number of carbonyl (C=O) groups is 1. The molecule has 0 fully saturated rings. The zero-order valence-corrected chi connectivity index (χ0v) is 20.3. The summed E-state index contributed by atoms with van der Waals surface area (Å²) in [5.74, 6) is 0.498. The van der Waals surface area contributed by atoms with Crippen LogP contribution in [0.4, 0.5) is 5.13 Å². The van der Waals surface area contributed by atoms with Crippen molar-refractivity contribution in [2.24, 2.45) is 0 Å². The minimum Gasteiger partial charge on any atom is -0.494 e. The van der Waals surface area contributed by atoms with E-state index < -0.39 is 6.04 Å². The van der Waals surface area contributed by atoms with Crippen molar-refractivity contribution >= 4 is 33.3 Å². The lowest BCUT2D eigenvalue weighted by atomic mass is 9.98. The van der Waals surface area contributed by atoms with Crippen molar-refractivity contribution in [1.82, 2.24) is 4.98 Å². The Morgan fingerprint density at radius 3 is 2.53 bits per heavy atom. The molecule has 3 heterocycles. The number of nitrogens with zero attached hydrogens (tertiary/aromatic N) is 2. The van der Waals surface area contributed by atoms with Crippen molar-refractivity contribution in [2.75, 3.05) is 11.5 Å². The maximum absolute atomic E-state index is 13.6. The molecule has 0 bridgehead atoms. The summed E-state index contributed by atoms with van der Waals surface area (Å²) in [5, 5.41) is 1.02. The molecule has 34 heavy (non-hydrogen) atoms. The van der Waals surface area contributed by atoms with Gasteiger partial charge in [0.05, 0.1) is 29.3 Å². The van der Waals surface area contributed by atoms with Crippen LogP contribution in [-0.2, 0) is 0 Å². The van der Waals surface area contributed by atoms with E-state index in [1.54, 1.807) is 29.2 Å². The lowest BCUT2D eigenvalue weighted by molar-refractivity contribution is 0.0971. The molecule has 5 rings (SSSR count). The number of para-hydroxylation sites is 1. The Kier molecular flexibility index (Phi) is 5.96. The van der Waals surface area contributed by atoms with Crippen molar-refractivity contribution in [2.45, 2.75) is 46.1 Å². The zero-order valence-electron chi connectivity index (χ0n) is 19.5. The molecular formula is C27H26N2O4S. The normalized spacial score (nSPS) is 15.2. The van der Waals surface area contributed by atoms with Gasteiger partial charge in [-0.05, 0) is 50.1 Å². The molecule has 1 unspecified atom stereocenters. The molecular weight excluding hydrogens is 448 g/mol. The first-order valence-corrected chi connectivity index (χ1v) is 12.4. The second-order valence-corrected chi connectivity index (χ2v) is 9.69. The third-order valence-corrected chi connectivity index (χ3v) is 7.29. The molecule has 0 aliphatic carbocycles. The van der Waals surface area contributed by atoms with E-state index in [0.717, 1.165) is 41.1 Å². The van der Waals surface area contributed by atoms with Gasteiger partial charge in [-0.3, -0.25) is 14.5 Å². The van der Waals surface area contributed by atoms with Crippen molar-refractivity contribution in [3.63, 3.8) is 0 Å². The number of benzene rings is 2. The quantitative estimate of drug-likeness (QED) is 0.299. The number of ether oxygens (including phenoxy) is 1. The molecule has 1 aliphatic rings. The predicted molar refractivity (Wildman–Crippen MR) is 134 cm³/mol.